The van der Waals surface area contributed by atoms with Gasteiger partial charge in [0.2, 0.25) is 12.7 Å². The summed E-state index contributed by atoms with van der Waals surface area (Å²) in [5.74, 6) is 2.77. The first kappa shape index (κ1) is 20.1. The minimum absolute atomic E-state index is 0.111. The van der Waals surface area contributed by atoms with E-state index in [4.69, 9.17) is 14.2 Å². The third-order valence-electron chi connectivity index (χ3n) is 4.67. The number of ether oxygens (including phenoxy) is 3. The van der Waals surface area contributed by atoms with Gasteiger partial charge in [0.15, 0.2) is 22.5 Å². The minimum atomic E-state index is -0.355. The quantitative estimate of drug-likeness (QED) is 0.575. The van der Waals surface area contributed by atoms with E-state index in [1.165, 1.54) is 11.8 Å². The van der Waals surface area contributed by atoms with E-state index in [1.54, 1.807) is 31.4 Å². The van der Waals surface area contributed by atoms with Crippen molar-refractivity contribution in [3.63, 3.8) is 0 Å². The minimum Gasteiger partial charge on any atom is -0.497 e. The van der Waals surface area contributed by atoms with Crippen molar-refractivity contribution in [3.8, 4) is 28.6 Å². The first-order valence-corrected chi connectivity index (χ1v) is 10.4. The zero-order valence-electron chi connectivity index (χ0n) is 16.9. The van der Waals surface area contributed by atoms with Gasteiger partial charge in [-0.1, -0.05) is 11.8 Å². The van der Waals surface area contributed by atoms with Crippen LogP contribution >= 0.6 is 11.8 Å². The number of nitrogens with zero attached hydrogens (tertiary/aromatic N) is 3. The van der Waals surface area contributed by atoms with Gasteiger partial charge in [-0.25, -0.2) is 0 Å². The van der Waals surface area contributed by atoms with Crippen molar-refractivity contribution in [1.29, 1.82) is 0 Å². The van der Waals surface area contributed by atoms with Crippen LogP contribution in [0.2, 0.25) is 0 Å². The van der Waals surface area contributed by atoms with Crippen LogP contribution < -0.4 is 19.5 Å². The topological polar surface area (TPSA) is 87.5 Å². The molecule has 0 radical (unpaired) electrons. The van der Waals surface area contributed by atoms with Gasteiger partial charge in [-0.2, -0.15) is 0 Å². The fraction of sp³-hybridized carbons (Fsp3) is 0.286. The molecule has 1 aromatic heterocycles. The van der Waals surface area contributed by atoms with E-state index in [-0.39, 0.29) is 18.0 Å². The number of hydrogen-bond donors (Lipinski definition) is 1. The Morgan fingerprint density at radius 1 is 1.20 bits per heavy atom. The van der Waals surface area contributed by atoms with Gasteiger partial charge >= 0.3 is 0 Å². The molecule has 8 nitrogen and oxygen atoms in total. The number of thioether (sulfide) groups is 1. The number of amides is 1. The molecule has 0 fully saturated rings. The van der Waals surface area contributed by atoms with Crippen molar-refractivity contribution in [2.24, 2.45) is 0 Å². The smallest absolute Gasteiger partial charge is 0.237 e. The number of aromatic nitrogens is 3. The summed E-state index contributed by atoms with van der Waals surface area (Å²) in [6.45, 7) is 4.76. The van der Waals surface area contributed by atoms with Crippen LogP contribution in [0.15, 0.2) is 47.6 Å². The molecular weight excluding hydrogens is 404 g/mol. The molecule has 0 saturated heterocycles. The van der Waals surface area contributed by atoms with Crippen LogP contribution in [0.3, 0.4) is 0 Å². The summed E-state index contributed by atoms with van der Waals surface area (Å²) in [6, 6.07) is 12.9. The molecule has 0 aliphatic carbocycles. The Hall–Kier alpha value is -3.20. The molecule has 0 saturated carbocycles. The molecule has 0 unspecified atom stereocenters. The molecule has 1 amide bonds. The van der Waals surface area contributed by atoms with Crippen LogP contribution in [0.1, 0.15) is 13.8 Å². The number of benzene rings is 2. The van der Waals surface area contributed by atoms with E-state index >= 15 is 0 Å². The maximum atomic E-state index is 12.6. The summed E-state index contributed by atoms with van der Waals surface area (Å²) in [6.07, 6.45) is 0. The summed E-state index contributed by atoms with van der Waals surface area (Å²) in [7, 11) is 1.61. The molecule has 30 heavy (non-hydrogen) atoms. The second kappa shape index (κ2) is 8.66. The highest BCUT2D eigenvalue weighted by Crippen LogP contribution is 2.36. The van der Waals surface area contributed by atoms with Crippen LogP contribution in [0, 0.1) is 0 Å². The first-order valence-electron chi connectivity index (χ1n) is 9.54. The highest BCUT2D eigenvalue weighted by atomic mass is 32.2. The third kappa shape index (κ3) is 4.06. The third-order valence-corrected chi connectivity index (χ3v) is 5.75. The summed E-state index contributed by atoms with van der Waals surface area (Å²) in [5.41, 5.74) is 1.60. The van der Waals surface area contributed by atoms with Crippen LogP contribution in [-0.2, 0) is 11.3 Å². The van der Waals surface area contributed by atoms with Crippen molar-refractivity contribution >= 4 is 23.4 Å². The van der Waals surface area contributed by atoms with Crippen LogP contribution in [-0.4, -0.2) is 39.8 Å². The monoisotopic (exact) mass is 426 g/mol. The number of anilines is 1. The average Bonchev–Trinajstić information content (AvgIpc) is 3.40. The van der Waals surface area contributed by atoms with Gasteiger partial charge in [-0.05, 0) is 56.3 Å². The molecule has 156 valence electrons. The van der Waals surface area contributed by atoms with Gasteiger partial charge in [0.1, 0.15) is 5.75 Å². The van der Waals surface area contributed by atoms with Crippen LogP contribution in [0.5, 0.6) is 17.2 Å². The summed E-state index contributed by atoms with van der Waals surface area (Å²) in [5, 5.41) is 11.9. The Kier molecular flexibility index (Phi) is 5.80. The first-order chi connectivity index (χ1) is 14.6. The van der Waals surface area contributed by atoms with E-state index in [2.05, 4.69) is 15.5 Å². The van der Waals surface area contributed by atoms with Gasteiger partial charge < -0.3 is 24.1 Å². The van der Waals surface area contributed by atoms with Crippen molar-refractivity contribution in [3.05, 3.63) is 42.5 Å². The standard InChI is InChI=1S/C21H22N4O4S/c1-4-25-19(14-5-10-17-18(11-14)29-12-28-17)23-24-21(25)30-13(2)20(26)22-15-6-8-16(27-3)9-7-15/h5-11,13H,4,12H2,1-3H3,(H,22,26)/t13-/m1/s1. The predicted octanol–water partition coefficient (Wildman–Crippen LogP) is 3.82. The normalized spacial score (nSPS) is 13.2. The Morgan fingerprint density at radius 3 is 2.70 bits per heavy atom. The summed E-state index contributed by atoms with van der Waals surface area (Å²) < 4.78 is 18.0. The zero-order valence-corrected chi connectivity index (χ0v) is 17.7. The van der Waals surface area contributed by atoms with Crippen molar-refractivity contribution in [2.45, 2.75) is 30.8 Å². The number of carbonyl (C=O) groups is 1. The van der Waals surface area contributed by atoms with Gasteiger partial charge in [0.25, 0.3) is 0 Å². The molecule has 3 aromatic rings. The van der Waals surface area contributed by atoms with Gasteiger partial charge in [0, 0.05) is 17.8 Å². The lowest BCUT2D eigenvalue weighted by atomic mass is 10.2. The molecule has 0 bridgehead atoms. The second-order valence-electron chi connectivity index (χ2n) is 6.60. The molecule has 9 heteroatoms. The predicted molar refractivity (Wildman–Crippen MR) is 114 cm³/mol. The largest absolute Gasteiger partial charge is 0.497 e. The van der Waals surface area contributed by atoms with Gasteiger partial charge in [0.05, 0.1) is 12.4 Å². The lowest BCUT2D eigenvalue weighted by Crippen LogP contribution is -2.22. The average molecular weight is 426 g/mol. The fourth-order valence-corrected chi connectivity index (χ4v) is 3.95. The molecular formula is C21H22N4O4S. The summed E-state index contributed by atoms with van der Waals surface area (Å²) in [4.78, 5) is 12.6. The van der Waals surface area contributed by atoms with E-state index in [0.717, 1.165) is 22.9 Å². The lowest BCUT2D eigenvalue weighted by molar-refractivity contribution is -0.115. The van der Waals surface area contributed by atoms with Crippen molar-refractivity contribution in [2.75, 3.05) is 19.2 Å². The van der Waals surface area contributed by atoms with Gasteiger partial charge in [-0.15, -0.1) is 10.2 Å². The number of carbonyl (C=O) groups excluding carboxylic acids is 1. The maximum Gasteiger partial charge on any atom is 0.237 e. The second-order valence-corrected chi connectivity index (χ2v) is 7.90. The van der Waals surface area contributed by atoms with Crippen LogP contribution in [0.4, 0.5) is 5.69 Å². The number of methoxy groups -OCH3 is 1. The number of rotatable bonds is 7. The Balaban J connectivity index is 1.48. The molecule has 2 heterocycles. The summed E-state index contributed by atoms with van der Waals surface area (Å²) >= 11 is 1.37. The van der Waals surface area contributed by atoms with E-state index in [0.29, 0.717) is 23.1 Å². The molecule has 4 rings (SSSR count). The number of fused-ring (bicyclic) bond motifs is 1. The highest BCUT2D eigenvalue weighted by Gasteiger charge is 2.22. The molecule has 2 aromatic carbocycles. The SMILES string of the molecule is CCn1c(S[C@H](C)C(=O)Nc2ccc(OC)cc2)nnc1-c1ccc2c(c1)OCO2. The Morgan fingerprint density at radius 2 is 1.97 bits per heavy atom. The van der Waals surface area contributed by atoms with E-state index in [1.807, 2.05) is 36.6 Å². The lowest BCUT2D eigenvalue weighted by Gasteiger charge is -2.13. The zero-order chi connectivity index (χ0) is 21.1. The highest BCUT2D eigenvalue weighted by molar-refractivity contribution is 8.00. The van der Waals surface area contributed by atoms with Crippen LogP contribution in [0.25, 0.3) is 11.4 Å². The molecule has 0 spiro atoms. The molecule has 1 aliphatic rings. The number of hydrogen-bond acceptors (Lipinski definition) is 7. The van der Waals surface area contributed by atoms with E-state index < -0.39 is 0 Å². The van der Waals surface area contributed by atoms with Crippen molar-refractivity contribution < 1.29 is 19.0 Å². The molecule has 1 N–H and O–H groups in total. The number of nitrogens with one attached hydrogen (secondary N) is 1. The molecule has 1 atom stereocenters. The maximum absolute atomic E-state index is 12.6. The molecule has 1 aliphatic heterocycles. The fourth-order valence-electron chi connectivity index (χ4n) is 3.04. The van der Waals surface area contributed by atoms with Gasteiger partial charge in [-0.3, -0.25) is 4.79 Å². The Labute approximate surface area is 178 Å². The van der Waals surface area contributed by atoms with Crippen molar-refractivity contribution in [1.82, 2.24) is 14.8 Å². The Bertz CT molecular complexity index is 1050. The van der Waals surface area contributed by atoms with E-state index in [9.17, 15) is 4.79 Å².